The molecule has 100 valence electrons. The number of hydrogen-bond donors (Lipinski definition) is 1. The largest absolute Gasteiger partial charge is 0.490 e. The maximum Gasteiger partial charge on any atom is 0.119 e. The molecule has 0 radical (unpaired) electrons. The lowest BCUT2D eigenvalue weighted by molar-refractivity contribution is 0.114. The van der Waals surface area contributed by atoms with Gasteiger partial charge in [-0.2, -0.15) is 0 Å². The van der Waals surface area contributed by atoms with E-state index in [4.69, 9.17) is 10.5 Å². The predicted molar refractivity (Wildman–Crippen MR) is 74.8 cm³/mol. The van der Waals surface area contributed by atoms with E-state index in [9.17, 15) is 0 Å². The summed E-state index contributed by atoms with van der Waals surface area (Å²) in [5.74, 6) is 0.956. The molecule has 1 heterocycles. The monoisotopic (exact) mass is 248 g/mol. The van der Waals surface area contributed by atoms with E-state index in [0.29, 0.717) is 6.10 Å². The van der Waals surface area contributed by atoms with Gasteiger partial charge >= 0.3 is 0 Å². The minimum Gasteiger partial charge on any atom is -0.490 e. The Morgan fingerprint density at radius 3 is 2.22 bits per heavy atom. The molecule has 0 aliphatic carbocycles. The van der Waals surface area contributed by atoms with Gasteiger partial charge in [-0.25, -0.2) is 0 Å². The molecule has 0 bridgehead atoms. The lowest BCUT2D eigenvalue weighted by Gasteiger charge is -2.29. The van der Waals surface area contributed by atoms with Gasteiger partial charge in [0.15, 0.2) is 0 Å². The molecule has 1 fully saturated rings. The Hall–Kier alpha value is -1.06. The van der Waals surface area contributed by atoms with E-state index in [1.807, 2.05) is 26.0 Å². The van der Waals surface area contributed by atoms with Crippen LogP contribution in [0.2, 0.25) is 0 Å². The van der Waals surface area contributed by atoms with Crippen LogP contribution in [0.1, 0.15) is 32.3 Å². The summed E-state index contributed by atoms with van der Waals surface area (Å²) >= 11 is 0. The van der Waals surface area contributed by atoms with Gasteiger partial charge in [0.1, 0.15) is 11.9 Å². The zero-order valence-electron chi connectivity index (χ0n) is 11.6. The standard InChI is InChI=1S/C15H24N2O/c1-15(2,16)12-4-6-13(7-5-12)18-14-8-10-17(3)11-9-14/h4-7,14H,8-11,16H2,1-3H3. The second-order valence-electron chi connectivity index (χ2n) is 5.87. The van der Waals surface area contributed by atoms with Crippen molar-refractivity contribution in [3.63, 3.8) is 0 Å². The van der Waals surface area contributed by atoms with Gasteiger partial charge in [-0.15, -0.1) is 0 Å². The predicted octanol–water partition coefficient (Wildman–Crippen LogP) is 2.35. The number of benzene rings is 1. The summed E-state index contributed by atoms with van der Waals surface area (Å²) in [6.45, 7) is 6.27. The van der Waals surface area contributed by atoms with Crippen LogP contribution in [0.4, 0.5) is 0 Å². The van der Waals surface area contributed by atoms with Crippen LogP contribution in [0.15, 0.2) is 24.3 Å². The number of nitrogens with zero attached hydrogens (tertiary/aromatic N) is 1. The summed E-state index contributed by atoms with van der Waals surface area (Å²) < 4.78 is 6.00. The molecule has 1 aliphatic heterocycles. The van der Waals surface area contributed by atoms with Crippen molar-refractivity contribution in [2.24, 2.45) is 5.73 Å². The molecule has 18 heavy (non-hydrogen) atoms. The number of likely N-dealkylation sites (tertiary alicyclic amines) is 1. The number of rotatable bonds is 3. The zero-order chi connectivity index (χ0) is 13.2. The van der Waals surface area contributed by atoms with Crippen molar-refractivity contribution in [2.45, 2.75) is 38.3 Å². The molecule has 0 spiro atoms. The van der Waals surface area contributed by atoms with Gasteiger partial charge in [0.05, 0.1) is 0 Å². The molecular formula is C15H24N2O. The van der Waals surface area contributed by atoms with Gasteiger partial charge in [-0.3, -0.25) is 0 Å². The van der Waals surface area contributed by atoms with Crippen LogP contribution in [-0.2, 0) is 5.54 Å². The van der Waals surface area contributed by atoms with E-state index in [0.717, 1.165) is 37.2 Å². The molecule has 0 amide bonds. The highest BCUT2D eigenvalue weighted by atomic mass is 16.5. The van der Waals surface area contributed by atoms with E-state index in [2.05, 4.69) is 24.1 Å². The minimum absolute atomic E-state index is 0.286. The molecule has 0 aromatic heterocycles. The first-order valence-corrected chi connectivity index (χ1v) is 6.70. The van der Waals surface area contributed by atoms with Crippen LogP contribution in [0, 0.1) is 0 Å². The molecule has 3 nitrogen and oxygen atoms in total. The SMILES string of the molecule is CN1CCC(Oc2ccc(C(C)(C)N)cc2)CC1. The molecule has 1 aromatic carbocycles. The molecule has 1 aromatic rings. The Balaban J connectivity index is 1.94. The Morgan fingerprint density at radius 1 is 1.17 bits per heavy atom. The first kappa shape index (κ1) is 13.4. The highest BCUT2D eigenvalue weighted by Gasteiger charge is 2.18. The van der Waals surface area contributed by atoms with Crippen LogP contribution >= 0.6 is 0 Å². The topological polar surface area (TPSA) is 38.5 Å². The Labute approximate surface area is 110 Å². The maximum absolute atomic E-state index is 6.06. The number of piperidine rings is 1. The second-order valence-corrected chi connectivity index (χ2v) is 5.87. The van der Waals surface area contributed by atoms with Gasteiger partial charge in [-0.05, 0) is 51.4 Å². The fraction of sp³-hybridized carbons (Fsp3) is 0.600. The van der Waals surface area contributed by atoms with Gasteiger partial charge in [0, 0.05) is 18.6 Å². The first-order chi connectivity index (χ1) is 8.45. The van der Waals surface area contributed by atoms with Gasteiger partial charge in [0.2, 0.25) is 0 Å². The van der Waals surface area contributed by atoms with Crippen molar-refractivity contribution in [1.82, 2.24) is 4.90 Å². The summed E-state index contributed by atoms with van der Waals surface area (Å²) in [4.78, 5) is 2.35. The van der Waals surface area contributed by atoms with E-state index in [1.54, 1.807) is 0 Å². The minimum atomic E-state index is -0.286. The van der Waals surface area contributed by atoms with Crippen molar-refractivity contribution in [3.8, 4) is 5.75 Å². The quantitative estimate of drug-likeness (QED) is 0.892. The number of nitrogens with two attached hydrogens (primary N) is 1. The average Bonchev–Trinajstić information content (AvgIpc) is 2.32. The lowest BCUT2D eigenvalue weighted by atomic mass is 9.96. The summed E-state index contributed by atoms with van der Waals surface area (Å²) in [6, 6.07) is 8.18. The van der Waals surface area contributed by atoms with Crippen molar-refractivity contribution in [2.75, 3.05) is 20.1 Å². The van der Waals surface area contributed by atoms with Gasteiger partial charge in [0.25, 0.3) is 0 Å². The molecule has 2 rings (SSSR count). The fourth-order valence-corrected chi connectivity index (χ4v) is 2.26. The average molecular weight is 248 g/mol. The van der Waals surface area contributed by atoms with Crippen LogP contribution < -0.4 is 10.5 Å². The summed E-state index contributed by atoms with van der Waals surface area (Å²) in [5, 5.41) is 0. The molecule has 1 saturated heterocycles. The van der Waals surface area contributed by atoms with Crippen LogP contribution in [-0.4, -0.2) is 31.1 Å². The second kappa shape index (κ2) is 5.29. The molecule has 1 aliphatic rings. The van der Waals surface area contributed by atoms with Crippen LogP contribution in [0.5, 0.6) is 5.75 Å². The van der Waals surface area contributed by atoms with Crippen molar-refractivity contribution in [3.05, 3.63) is 29.8 Å². The summed E-state index contributed by atoms with van der Waals surface area (Å²) in [7, 11) is 2.16. The zero-order valence-corrected chi connectivity index (χ0v) is 11.6. The lowest BCUT2D eigenvalue weighted by Crippen LogP contribution is -2.35. The van der Waals surface area contributed by atoms with Crippen molar-refractivity contribution < 1.29 is 4.74 Å². The van der Waals surface area contributed by atoms with Gasteiger partial charge in [-0.1, -0.05) is 12.1 Å². The Bertz CT molecular complexity index is 372. The van der Waals surface area contributed by atoms with E-state index < -0.39 is 0 Å². The first-order valence-electron chi connectivity index (χ1n) is 6.70. The van der Waals surface area contributed by atoms with E-state index in [1.165, 1.54) is 0 Å². The van der Waals surface area contributed by atoms with E-state index >= 15 is 0 Å². The van der Waals surface area contributed by atoms with Crippen LogP contribution in [0.3, 0.4) is 0 Å². The maximum atomic E-state index is 6.06. The molecule has 0 saturated carbocycles. The van der Waals surface area contributed by atoms with Crippen molar-refractivity contribution in [1.29, 1.82) is 0 Å². The highest BCUT2D eigenvalue weighted by molar-refractivity contribution is 5.31. The Morgan fingerprint density at radius 2 is 1.72 bits per heavy atom. The molecule has 0 atom stereocenters. The molecular weight excluding hydrogens is 224 g/mol. The third-order valence-corrected chi connectivity index (χ3v) is 3.57. The third-order valence-electron chi connectivity index (χ3n) is 3.57. The fourth-order valence-electron chi connectivity index (χ4n) is 2.26. The van der Waals surface area contributed by atoms with Gasteiger partial charge < -0.3 is 15.4 Å². The van der Waals surface area contributed by atoms with Crippen LogP contribution in [0.25, 0.3) is 0 Å². The number of hydrogen-bond acceptors (Lipinski definition) is 3. The normalized spacial score (nSPS) is 18.9. The molecule has 0 unspecified atom stereocenters. The highest BCUT2D eigenvalue weighted by Crippen LogP contribution is 2.22. The molecule has 3 heteroatoms. The number of ether oxygens (including phenoxy) is 1. The Kier molecular flexibility index (Phi) is 3.93. The van der Waals surface area contributed by atoms with Crippen molar-refractivity contribution >= 4 is 0 Å². The molecule has 2 N–H and O–H groups in total. The van der Waals surface area contributed by atoms with E-state index in [-0.39, 0.29) is 5.54 Å². The smallest absolute Gasteiger partial charge is 0.119 e. The summed E-state index contributed by atoms with van der Waals surface area (Å²) in [5.41, 5.74) is 6.91. The summed E-state index contributed by atoms with van der Waals surface area (Å²) in [6.07, 6.45) is 2.58. The third kappa shape index (κ3) is 3.47.